The summed E-state index contributed by atoms with van der Waals surface area (Å²) in [7, 11) is 3.98. The second kappa shape index (κ2) is 5.87. The average molecular weight is 288 g/mol. The molecule has 2 aromatic heterocycles. The SMILES string of the molecule is CCC1CCC(N(C)c2nc(NC)nc3nc[nH]c23)CC1. The Morgan fingerprint density at radius 2 is 2.05 bits per heavy atom. The fraction of sp³-hybridized carbons (Fsp3) is 0.667. The number of imidazole rings is 1. The number of anilines is 2. The van der Waals surface area contributed by atoms with Gasteiger partial charge in [0, 0.05) is 20.1 Å². The van der Waals surface area contributed by atoms with E-state index < -0.39 is 0 Å². The Morgan fingerprint density at radius 1 is 1.29 bits per heavy atom. The molecule has 114 valence electrons. The van der Waals surface area contributed by atoms with Gasteiger partial charge in [-0.1, -0.05) is 13.3 Å². The largest absolute Gasteiger partial charge is 0.357 e. The van der Waals surface area contributed by atoms with Crippen molar-refractivity contribution in [1.29, 1.82) is 0 Å². The Morgan fingerprint density at radius 3 is 2.71 bits per heavy atom. The summed E-state index contributed by atoms with van der Waals surface area (Å²) < 4.78 is 0. The number of hydrogen-bond donors (Lipinski definition) is 2. The fourth-order valence-electron chi connectivity index (χ4n) is 3.30. The second-order valence-corrected chi connectivity index (χ2v) is 5.92. The molecule has 0 aromatic carbocycles. The van der Waals surface area contributed by atoms with Crippen LogP contribution in [0.15, 0.2) is 6.33 Å². The van der Waals surface area contributed by atoms with Crippen molar-refractivity contribution in [2.45, 2.75) is 45.1 Å². The van der Waals surface area contributed by atoms with Crippen LogP contribution < -0.4 is 10.2 Å². The van der Waals surface area contributed by atoms with Crippen molar-refractivity contribution in [3.8, 4) is 0 Å². The Kier molecular flexibility index (Phi) is 3.94. The first-order valence-corrected chi connectivity index (χ1v) is 7.84. The molecule has 2 N–H and O–H groups in total. The molecule has 0 spiro atoms. The predicted octanol–water partition coefficient (Wildman–Crippen LogP) is 2.80. The van der Waals surface area contributed by atoms with Crippen LogP contribution in [-0.4, -0.2) is 40.1 Å². The topological polar surface area (TPSA) is 69.7 Å². The van der Waals surface area contributed by atoms with Gasteiger partial charge in [-0.2, -0.15) is 9.97 Å². The quantitative estimate of drug-likeness (QED) is 0.905. The predicted molar refractivity (Wildman–Crippen MR) is 85.7 cm³/mol. The van der Waals surface area contributed by atoms with Gasteiger partial charge in [0.05, 0.1) is 6.33 Å². The molecule has 1 saturated carbocycles. The van der Waals surface area contributed by atoms with Crippen LogP contribution in [0.5, 0.6) is 0 Å². The molecule has 0 amide bonds. The standard InChI is InChI=1S/C15H24N6/c1-4-10-5-7-11(8-6-10)21(3)14-12-13(18-9-17-12)19-15(16-2)20-14/h9-11H,4-8H2,1-3H3,(H2,16,17,18,19,20). The van der Waals surface area contributed by atoms with Crippen LogP contribution in [-0.2, 0) is 0 Å². The molecule has 3 rings (SSSR count). The van der Waals surface area contributed by atoms with E-state index in [-0.39, 0.29) is 0 Å². The molecule has 1 fully saturated rings. The van der Waals surface area contributed by atoms with E-state index in [1.54, 1.807) is 6.33 Å². The van der Waals surface area contributed by atoms with Crippen LogP contribution >= 0.6 is 0 Å². The van der Waals surface area contributed by atoms with E-state index in [1.807, 2.05) is 7.05 Å². The molecule has 0 bridgehead atoms. The van der Waals surface area contributed by atoms with Crippen molar-refractivity contribution in [3.05, 3.63) is 6.33 Å². The van der Waals surface area contributed by atoms with Crippen LogP contribution in [0.3, 0.4) is 0 Å². The number of hydrogen-bond acceptors (Lipinski definition) is 5. The summed E-state index contributed by atoms with van der Waals surface area (Å²) in [5, 5.41) is 3.02. The summed E-state index contributed by atoms with van der Waals surface area (Å²) in [6.07, 6.45) is 8.11. The zero-order valence-corrected chi connectivity index (χ0v) is 13.1. The molecule has 0 atom stereocenters. The van der Waals surface area contributed by atoms with E-state index in [9.17, 15) is 0 Å². The van der Waals surface area contributed by atoms with Gasteiger partial charge in [-0.15, -0.1) is 0 Å². The third-order valence-corrected chi connectivity index (χ3v) is 4.77. The van der Waals surface area contributed by atoms with Gasteiger partial charge in [-0.25, -0.2) is 4.98 Å². The maximum Gasteiger partial charge on any atom is 0.226 e. The Balaban J connectivity index is 1.87. The van der Waals surface area contributed by atoms with E-state index in [0.29, 0.717) is 12.0 Å². The molecule has 2 aromatic rings. The third kappa shape index (κ3) is 2.66. The first-order valence-electron chi connectivity index (χ1n) is 7.84. The van der Waals surface area contributed by atoms with Crippen LogP contribution in [0.4, 0.5) is 11.8 Å². The lowest BCUT2D eigenvalue weighted by Crippen LogP contribution is -2.36. The van der Waals surface area contributed by atoms with E-state index in [2.05, 4.69) is 44.1 Å². The molecular formula is C15H24N6. The van der Waals surface area contributed by atoms with E-state index >= 15 is 0 Å². The Hall–Kier alpha value is -1.85. The third-order valence-electron chi connectivity index (χ3n) is 4.77. The summed E-state index contributed by atoms with van der Waals surface area (Å²) in [6.45, 7) is 2.30. The molecule has 0 saturated heterocycles. The highest BCUT2D eigenvalue weighted by Gasteiger charge is 2.25. The normalized spacial score (nSPS) is 22.4. The van der Waals surface area contributed by atoms with Crippen LogP contribution in [0, 0.1) is 5.92 Å². The first kappa shape index (κ1) is 14.1. The van der Waals surface area contributed by atoms with Crippen molar-refractivity contribution in [2.24, 2.45) is 5.92 Å². The van der Waals surface area contributed by atoms with Gasteiger partial charge in [0.2, 0.25) is 5.95 Å². The summed E-state index contributed by atoms with van der Waals surface area (Å²) in [5.41, 5.74) is 1.65. The average Bonchev–Trinajstić information content (AvgIpc) is 3.01. The van der Waals surface area contributed by atoms with Gasteiger partial charge in [-0.3, -0.25) is 0 Å². The molecule has 21 heavy (non-hydrogen) atoms. The number of nitrogens with one attached hydrogen (secondary N) is 2. The minimum absolute atomic E-state index is 0.555. The lowest BCUT2D eigenvalue weighted by molar-refractivity contribution is 0.313. The van der Waals surface area contributed by atoms with Crippen molar-refractivity contribution in [2.75, 3.05) is 24.3 Å². The summed E-state index contributed by atoms with van der Waals surface area (Å²) in [5.74, 6) is 2.47. The minimum Gasteiger partial charge on any atom is -0.357 e. The molecule has 1 aliphatic rings. The van der Waals surface area contributed by atoms with E-state index in [1.165, 1.54) is 32.1 Å². The van der Waals surface area contributed by atoms with Gasteiger partial charge < -0.3 is 15.2 Å². The molecule has 0 aliphatic heterocycles. The molecule has 0 unspecified atom stereocenters. The molecule has 2 heterocycles. The highest BCUT2D eigenvalue weighted by atomic mass is 15.2. The molecule has 1 aliphatic carbocycles. The zero-order valence-electron chi connectivity index (χ0n) is 13.1. The van der Waals surface area contributed by atoms with Crippen molar-refractivity contribution < 1.29 is 0 Å². The molecule has 6 heteroatoms. The lowest BCUT2D eigenvalue weighted by atomic mass is 9.84. The van der Waals surface area contributed by atoms with Crippen LogP contribution in [0.25, 0.3) is 11.2 Å². The van der Waals surface area contributed by atoms with Gasteiger partial charge in [-0.05, 0) is 31.6 Å². The highest BCUT2D eigenvalue weighted by molar-refractivity contribution is 5.84. The summed E-state index contributed by atoms with van der Waals surface area (Å²) >= 11 is 0. The van der Waals surface area contributed by atoms with Crippen molar-refractivity contribution in [1.82, 2.24) is 19.9 Å². The fourth-order valence-corrected chi connectivity index (χ4v) is 3.30. The Bertz CT molecular complexity index is 599. The lowest BCUT2D eigenvalue weighted by Gasteiger charge is -2.35. The first-order chi connectivity index (χ1) is 10.2. The summed E-state index contributed by atoms with van der Waals surface area (Å²) in [4.78, 5) is 18.8. The summed E-state index contributed by atoms with van der Waals surface area (Å²) in [6, 6.07) is 0.555. The molecule has 0 radical (unpaired) electrons. The van der Waals surface area contributed by atoms with Gasteiger partial charge >= 0.3 is 0 Å². The number of aromatic amines is 1. The number of rotatable bonds is 4. The van der Waals surface area contributed by atoms with Gasteiger partial charge in [0.1, 0.15) is 5.52 Å². The smallest absolute Gasteiger partial charge is 0.226 e. The highest BCUT2D eigenvalue weighted by Crippen LogP contribution is 2.32. The Labute approximate surface area is 125 Å². The molecular weight excluding hydrogens is 264 g/mol. The van der Waals surface area contributed by atoms with Crippen molar-refractivity contribution >= 4 is 22.9 Å². The van der Waals surface area contributed by atoms with Crippen LogP contribution in [0.1, 0.15) is 39.0 Å². The maximum atomic E-state index is 4.64. The number of nitrogens with zero attached hydrogens (tertiary/aromatic N) is 4. The minimum atomic E-state index is 0.555. The monoisotopic (exact) mass is 288 g/mol. The second-order valence-electron chi connectivity index (χ2n) is 5.92. The van der Waals surface area contributed by atoms with E-state index in [4.69, 9.17) is 0 Å². The number of H-pyrrole nitrogens is 1. The van der Waals surface area contributed by atoms with Gasteiger partial charge in [0.15, 0.2) is 11.5 Å². The van der Waals surface area contributed by atoms with Crippen molar-refractivity contribution in [3.63, 3.8) is 0 Å². The van der Waals surface area contributed by atoms with Crippen LogP contribution in [0.2, 0.25) is 0 Å². The maximum absolute atomic E-state index is 4.64. The van der Waals surface area contributed by atoms with Gasteiger partial charge in [0.25, 0.3) is 0 Å². The number of fused-ring (bicyclic) bond motifs is 1. The zero-order chi connectivity index (χ0) is 14.8. The molecule has 6 nitrogen and oxygen atoms in total. The van der Waals surface area contributed by atoms with E-state index in [0.717, 1.165) is 22.9 Å². The number of aromatic nitrogens is 4.